The minimum absolute atomic E-state index is 0.0283. The molecule has 0 heterocycles. The second kappa shape index (κ2) is 8.79. The van der Waals surface area contributed by atoms with Crippen LogP contribution >= 0.6 is 0 Å². The number of nitrogens with one attached hydrogen (secondary N) is 1. The summed E-state index contributed by atoms with van der Waals surface area (Å²) in [6.45, 7) is 0.992. The van der Waals surface area contributed by atoms with Crippen LogP contribution in [0.5, 0.6) is 0 Å². The van der Waals surface area contributed by atoms with Crippen LogP contribution in [0.2, 0.25) is 0 Å². The van der Waals surface area contributed by atoms with Gasteiger partial charge in [0.05, 0.1) is 0 Å². The number of aliphatic hydroxyl groups is 1. The highest BCUT2D eigenvalue weighted by Crippen LogP contribution is 2.26. The largest absolute Gasteiger partial charge is 0.396 e. The quantitative estimate of drug-likeness (QED) is 0.794. The molecule has 1 aliphatic rings. The predicted octanol–water partition coefficient (Wildman–Crippen LogP) is 2.81. The third kappa shape index (κ3) is 5.02. The summed E-state index contributed by atoms with van der Waals surface area (Å²) >= 11 is 0. The molecule has 0 aromatic heterocycles. The van der Waals surface area contributed by atoms with Crippen molar-refractivity contribution in [1.82, 2.24) is 10.2 Å². The molecule has 0 saturated heterocycles. The molecule has 1 aromatic carbocycles. The number of urea groups is 1. The van der Waals surface area contributed by atoms with E-state index in [4.69, 9.17) is 5.11 Å². The molecule has 2 N–H and O–H groups in total. The highest BCUT2D eigenvalue weighted by molar-refractivity contribution is 5.74. The fraction of sp³-hybridized carbons (Fsp3) is 0.611. The first-order valence-corrected chi connectivity index (χ1v) is 8.36. The molecule has 2 rings (SSSR count). The van der Waals surface area contributed by atoms with Gasteiger partial charge >= 0.3 is 6.03 Å². The number of carbonyl (C=O) groups excluding carboxylic acids is 1. The van der Waals surface area contributed by atoms with Crippen LogP contribution in [0.4, 0.5) is 4.79 Å². The predicted molar refractivity (Wildman–Crippen MR) is 88.8 cm³/mol. The number of aryl methyl sites for hydroxylation is 1. The van der Waals surface area contributed by atoms with E-state index in [1.165, 1.54) is 5.56 Å². The molecule has 0 atom stereocenters. The van der Waals surface area contributed by atoms with E-state index in [0.717, 1.165) is 38.5 Å². The molecule has 0 aliphatic heterocycles. The fourth-order valence-electron chi connectivity index (χ4n) is 3.14. The Morgan fingerprint density at radius 3 is 2.55 bits per heavy atom. The van der Waals surface area contributed by atoms with Gasteiger partial charge in [-0.3, -0.25) is 0 Å². The fourth-order valence-corrected chi connectivity index (χ4v) is 3.14. The Morgan fingerprint density at radius 1 is 1.23 bits per heavy atom. The van der Waals surface area contributed by atoms with E-state index >= 15 is 0 Å². The average molecular weight is 304 g/mol. The molecular formula is C18H28N2O2. The molecule has 122 valence electrons. The number of hydrogen-bond donors (Lipinski definition) is 2. The molecule has 1 saturated carbocycles. The third-order valence-corrected chi connectivity index (χ3v) is 4.70. The van der Waals surface area contributed by atoms with Gasteiger partial charge in [0.15, 0.2) is 0 Å². The van der Waals surface area contributed by atoms with Crippen LogP contribution in [-0.4, -0.2) is 42.3 Å². The van der Waals surface area contributed by atoms with Crippen molar-refractivity contribution in [3.05, 3.63) is 35.9 Å². The second-order valence-electron chi connectivity index (χ2n) is 6.29. The molecular weight excluding hydrogens is 276 g/mol. The number of amides is 2. The number of nitrogens with zero attached hydrogens (tertiary/aromatic N) is 1. The number of benzene rings is 1. The van der Waals surface area contributed by atoms with Gasteiger partial charge in [0, 0.05) is 26.2 Å². The third-order valence-electron chi connectivity index (χ3n) is 4.70. The first kappa shape index (κ1) is 16.8. The number of aliphatic hydroxyl groups excluding tert-OH is 1. The van der Waals surface area contributed by atoms with Gasteiger partial charge in [-0.15, -0.1) is 0 Å². The molecule has 4 nitrogen and oxygen atoms in total. The molecule has 0 bridgehead atoms. The summed E-state index contributed by atoms with van der Waals surface area (Å²) in [4.78, 5) is 14.0. The lowest BCUT2D eigenvalue weighted by atomic mass is 9.86. The molecule has 1 aliphatic carbocycles. The normalized spacial score (nSPS) is 21.4. The van der Waals surface area contributed by atoms with Crippen LogP contribution < -0.4 is 5.32 Å². The lowest BCUT2D eigenvalue weighted by Gasteiger charge is -2.34. The van der Waals surface area contributed by atoms with Crippen molar-refractivity contribution in [2.24, 2.45) is 5.92 Å². The van der Waals surface area contributed by atoms with Gasteiger partial charge < -0.3 is 15.3 Å². The minimum atomic E-state index is 0.0283. The van der Waals surface area contributed by atoms with Crippen LogP contribution in [0.1, 0.15) is 37.7 Å². The first-order chi connectivity index (χ1) is 10.7. The van der Waals surface area contributed by atoms with Crippen LogP contribution in [0.15, 0.2) is 30.3 Å². The molecule has 0 spiro atoms. The lowest BCUT2D eigenvalue weighted by Crippen LogP contribution is -2.45. The van der Waals surface area contributed by atoms with Crippen molar-refractivity contribution < 1.29 is 9.90 Å². The van der Waals surface area contributed by atoms with Crippen molar-refractivity contribution in [1.29, 1.82) is 0 Å². The molecule has 0 unspecified atom stereocenters. The average Bonchev–Trinajstić information content (AvgIpc) is 2.59. The summed E-state index contributed by atoms with van der Waals surface area (Å²) in [5.41, 5.74) is 1.31. The van der Waals surface area contributed by atoms with Crippen LogP contribution in [0.3, 0.4) is 0 Å². The van der Waals surface area contributed by atoms with Gasteiger partial charge in [0.2, 0.25) is 0 Å². The second-order valence-corrected chi connectivity index (χ2v) is 6.29. The summed E-state index contributed by atoms with van der Waals surface area (Å²) in [6.07, 6.45) is 5.99. The maximum absolute atomic E-state index is 12.2. The lowest BCUT2D eigenvalue weighted by molar-refractivity contribution is 0.134. The Labute approximate surface area is 133 Å². The Bertz CT molecular complexity index is 442. The molecule has 1 fully saturated rings. The SMILES string of the molecule is CN(C(=O)NCCCc1ccccc1)C1CCC(CO)CC1. The van der Waals surface area contributed by atoms with Crippen molar-refractivity contribution >= 4 is 6.03 Å². The van der Waals surface area contributed by atoms with E-state index in [1.807, 2.05) is 30.1 Å². The number of hydrogen-bond acceptors (Lipinski definition) is 2. The topological polar surface area (TPSA) is 52.6 Å². The zero-order valence-electron chi connectivity index (χ0n) is 13.5. The smallest absolute Gasteiger partial charge is 0.317 e. The molecule has 1 aromatic rings. The van der Waals surface area contributed by atoms with Crippen molar-refractivity contribution in [3.8, 4) is 0 Å². The van der Waals surface area contributed by atoms with Crippen molar-refractivity contribution in [3.63, 3.8) is 0 Å². The van der Waals surface area contributed by atoms with Crippen LogP contribution in [0.25, 0.3) is 0 Å². The van der Waals surface area contributed by atoms with Crippen LogP contribution in [0, 0.1) is 5.92 Å². The Morgan fingerprint density at radius 2 is 1.91 bits per heavy atom. The minimum Gasteiger partial charge on any atom is -0.396 e. The van der Waals surface area contributed by atoms with Crippen molar-refractivity contribution in [2.45, 2.75) is 44.6 Å². The van der Waals surface area contributed by atoms with Crippen molar-refractivity contribution in [2.75, 3.05) is 20.2 Å². The Hall–Kier alpha value is -1.55. The van der Waals surface area contributed by atoms with E-state index in [9.17, 15) is 4.79 Å². The first-order valence-electron chi connectivity index (χ1n) is 8.36. The van der Waals surface area contributed by atoms with Gasteiger partial charge in [-0.25, -0.2) is 4.79 Å². The zero-order chi connectivity index (χ0) is 15.8. The number of rotatable bonds is 6. The van der Waals surface area contributed by atoms with E-state index in [2.05, 4.69) is 17.4 Å². The van der Waals surface area contributed by atoms with E-state index in [1.54, 1.807) is 0 Å². The molecule has 4 heteroatoms. The number of carbonyl (C=O) groups is 1. The van der Waals surface area contributed by atoms with Gasteiger partial charge in [-0.1, -0.05) is 30.3 Å². The maximum atomic E-state index is 12.2. The molecule has 2 amide bonds. The van der Waals surface area contributed by atoms with Gasteiger partial charge in [-0.05, 0) is 50.0 Å². The van der Waals surface area contributed by atoms with E-state index < -0.39 is 0 Å². The summed E-state index contributed by atoms with van der Waals surface area (Å²) in [5, 5.41) is 12.2. The maximum Gasteiger partial charge on any atom is 0.317 e. The van der Waals surface area contributed by atoms with Crippen LogP contribution in [-0.2, 0) is 6.42 Å². The monoisotopic (exact) mass is 304 g/mol. The summed E-state index contributed by atoms with van der Waals surface area (Å²) in [7, 11) is 1.89. The molecule has 22 heavy (non-hydrogen) atoms. The zero-order valence-corrected chi connectivity index (χ0v) is 13.5. The van der Waals surface area contributed by atoms with E-state index in [0.29, 0.717) is 18.5 Å². The summed E-state index contributed by atoms with van der Waals surface area (Å²) in [5.74, 6) is 0.429. The molecule has 0 radical (unpaired) electrons. The highest BCUT2D eigenvalue weighted by Gasteiger charge is 2.25. The highest BCUT2D eigenvalue weighted by atomic mass is 16.3. The van der Waals surface area contributed by atoms with Gasteiger partial charge in [0.25, 0.3) is 0 Å². The summed E-state index contributed by atoms with van der Waals surface area (Å²) < 4.78 is 0. The van der Waals surface area contributed by atoms with E-state index in [-0.39, 0.29) is 12.6 Å². The van der Waals surface area contributed by atoms with Gasteiger partial charge in [0.1, 0.15) is 0 Å². The Kier molecular flexibility index (Phi) is 6.72. The summed E-state index contributed by atoms with van der Waals surface area (Å²) in [6, 6.07) is 10.7. The Balaban J connectivity index is 1.64. The standard InChI is InChI=1S/C18H28N2O2/c1-20(17-11-9-16(14-21)10-12-17)18(22)19-13-5-8-15-6-3-2-4-7-15/h2-4,6-7,16-17,21H,5,8-14H2,1H3,(H,19,22). The van der Waals surface area contributed by atoms with Gasteiger partial charge in [-0.2, -0.15) is 0 Å².